The Kier molecular flexibility index (Phi) is 3.02. The van der Waals surface area contributed by atoms with Gasteiger partial charge in [-0.3, -0.25) is 9.78 Å². The molecule has 1 spiro atoms. The molecule has 1 aliphatic heterocycles. The van der Waals surface area contributed by atoms with Crippen LogP contribution in [0.3, 0.4) is 0 Å². The van der Waals surface area contributed by atoms with E-state index in [0.717, 1.165) is 10.8 Å². The number of imide groups is 1. The number of aromatic nitrogens is 1. The fourth-order valence-electron chi connectivity index (χ4n) is 3.79. The molecule has 1 aromatic carbocycles. The molecule has 3 amide bonds. The van der Waals surface area contributed by atoms with Crippen LogP contribution in [0.2, 0.25) is 0 Å². The molecular formula is C19H21N3O2. The molecule has 1 aliphatic carbocycles. The summed E-state index contributed by atoms with van der Waals surface area (Å²) in [5, 5.41) is 4.72. The summed E-state index contributed by atoms with van der Waals surface area (Å²) >= 11 is 0. The van der Waals surface area contributed by atoms with Gasteiger partial charge in [-0.15, -0.1) is 0 Å². The number of amides is 3. The van der Waals surface area contributed by atoms with Crippen molar-refractivity contribution in [2.75, 3.05) is 4.90 Å². The zero-order valence-corrected chi connectivity index (χ0v) is 14.2. The fraction of sp³-hybridized carbons (Fsp3) is 0.421. The molecule has 2 aliphatic rings. The lowest BCUT2D eigenvalue weighted by atomic mass is 9.59. The first kappa shape index (κ1) is 15.1. The molecule has 1 N–H and O–H groups in total. The lowest BCUT2D eigenvalue weighted by Crippen LogP contribution is -2.59. The molecule has 124 valence electrons. The van der Waals surface area contributed by atoms with Gasteiger partial charge in [-0.1, -0.05) is 45.0 Å². The molecule has 5 heteroatoms. The van der Waals surface area contributed by atoms with Gasteiger partial charge < -0.3 is 5.32 Å². The smallest absolute Gasteiger partial charge is 0.323 e. The average Bonchev–Trinajstić information content (AvgIpc) is 2.76. The van der Waals surface area contributed by atoms with Crippen LogP contribution in [0.5, 0.6) is 0 Å². The third-order valence-electron chi connectivity index (χ3n) is 5.46. The van der Waals surface area contributed by atoms with Crippen molar-refractivity contribution in [3.63, 3.8) is 0 Å². The Bertz CT molecular complexity index is 842. The summed E-state index contributed by atoms with van der Waals surface area (Å²) in [7, 11) is 0. The first-order chi connectivity index (χ1) is 11.3. The van der Waals surface area contributed by atoms with Crippen LogP contribution in [-0.4, -0.2) is 22.5 Å². The number of carbonyl (C=O) groups is 2. The highest BCUT2D eigenvalue weighted by atomic mass is 16.2. The minimum atomic E-state index is -0.730. The molecule has 0 atom stereocenters. The maximum absolute atomic E-state index is 13.1. The van der Waals surface area contributed by atoms with E-state index in [4.69, 9.17) is 0 Å². The van der Waals surface area contributed by atoms with Gasteiger partial charge in [-0.25, -0.2) is 9.69 Å². The van der Waals surface area contributed by atoms with Crippen LogP contribution in [0.4, 0.5) is 10.5 Å². The summed E-state index contributed by atoms with van der Waals surface area (Å²) in [5.41, 5.74) is -0.0249. The summed E-state index contributed by atoms with van der Waals surface area (Å²) in [6, 6.07) is 7.32. The lowest BCUT2D eigenvalue weighted by Gasteiger charge is -2.48. The van der Waals surface area contributed by atoms with Crippen molar-refractivity contribution in [2.24, 2.45) is 11.3 Å². The second-order valence-corrected chi connectivity index (χ2v) is 8.00. The van der Waals surface area contributed by atoms with Crippen molar-refractivity contribution in [1.29, 1.82) is 0 Å². The van der Waals surface area contributed by atoms with Gasteiger partial charge in [0.05, 0.1) is 11.9 Å². The average molecular weight is 323 g/mol. The second kappa shape index (κ2) is 4.79. The maximum atomic E-state index is 13.1. The molecule has 2 aromatic rings. The Morgan fingerprint density at radius 1 is 1.17 bits per heavy atom. The Balaban J connectivity index is 1.70. The molecule has 1 aromatic heterocycles. The van der Waals surface area contributed by atoms with E-state index in [9.17, 15) is 9.59 Å². The van der Waals surface area contributed by atoms with E-state index in [1.165, 1.54) is 4.90 Å². The molecule has 0 radical (unpaired) electrons. The van der Waals surface area contributed by atoms with Gasteiger partial charge in [0.2, 0.25) is 0 Å². The van der Waals surface area contributed by atoms with Crippen molar-refractivity contribution in [2.45, 2.75) is 39.2 Å². The number of urea groups is 1. The van der Waals surface area contributed by atoms with Crippen LogP contribution in [0.25, 0.3) is 10.8 Å². The minimum Gasteiger partial charge on any atom is -0.323 e. The van der Waals surface area contributed by atoms with Gasteiger partial charge in [0, 0.05) is 17.0 Å². The van der Waals surface area contributed by atoms with Gasteiger partial charge in [0.25, 0.3) is 5.91 Å². The molecule has 1 saturated carbocycles. The van der Waals surface area contributed by atoms with E-state index in [2.05, 4.69) is 31.1 Å². The summed E-state index contributed by atoms with van der Waals surface area (Å²) in [6.45, 7) is 6.54. The predicted molar refractivity (Wildman–Crippen MR) is 92.7 cm³/mol. The molecule has 4 rings (SSSR count). The Hall–Kier alpha value is -2.43. The molecule has 1 saturated heterocycles. The zero-order chi connectivity index (χ0) is 17.1. The number of rotatable bonds is 1. The van der Waals surface area contributed by atoms with E-state index in [1.54, 1.807) is 12.4 Å². The normalized spacial score (nSPS) is 26.8. The first-order valence-electron chi connectivity index (χ1n) is 8.31. The van der Waals surface area contributed by atoms with Gasteiger partial charge in [-0.05, 0) is 24.2 Å². The van der Waals surface area contributed by atoms with Gasteiger partial charge in [0.15, 0.2) is 0 Å². The minimum absolute atomic E-state index is 0.144. The highest BCUT2D eigenvalue weighted by Crippen LogP contribution is 2.50. The SMILES string of the molecule is CC(C)(C)C1CC2(C1)NC(=O)N(c1cncc3ccccc13)C2=O. The topological polar surface area (TPSA) is 62.3 Å². The van der Waals surface area contributed by atoms with Crippen molar-refractivity contribution in [3.05, 3.63) is 36.7 Å². The van der Waals surface area contributed by atoms with E-state index < -0.39 is 5.54 Å². The van der Waals surface area contributed by atoms with E-state index in [0.29, 0.717) is 24.4 Å². The standard InChI is InChI=1S/C19H21N3O2/c1-18(2,3)13-8-19(9-13)16(23)22(17(24)21-19)15-11-20-10-12-6-4-5-7-14(12)15/h4-7,10-11,13H,8-9H2,1-3H3,(H,21,24). The van der Waals surface area contributed by atoms with Gasteiger partial charge in [0.1, 0.15) is 5.54 Å². The quantitative estimate of drug-likeness (QED) is 0.817. The Morgan fingerprint density at radius 3 is 2.58 bits per heavy atom. The van der Waals surface area contributed by atoms with Crippen LogP contribution in [-0.2, 0) is 4.79 Å². The third-order valence-corrected chi connectivity index (χ3v) is 5.46. The fourth-order valence-corrected chi connectivity index (χ4v) is 3.79. The van der Waals surface area contributed by atoms with Crippen LogP contribution in [0, 0.1) is 11.3 Å². The predicted octanol–water partition coefficient (Wildman–Crippen LogP) is 3.49. The van der Waals surface area contributed by atoms with E-state index in [1.807, 2.05) is 24.3 Å². The number of nitrogens with one attached hydrogen (secondary N) is 1. The van der Waals surface area contributed by atoms with Gasteiger partial charge >= 0.3 is 6.03 Å². The molecule has 0 unspecified atom stereocenters. The van der Waals surface area contributed by atoms with E-state index >= 15 is 0 Å². The van der Waals surface area contributed by atoms with Crippen molar-refractivity contribution in [1.82, 2.24) is 10.3 Å². The van der Waals surface area contributed by atoms with Crippen LogP contribution >= 0.6 is 0 Å². The maximum Gasteiger partial charge on any atom is 0.329 e. The monoisotopic (exact) mass is 323 g/mol. The molecule has 2 heterocycles. The number of hydrogen-bond donors (Lipinski definition) is 1. The number of nitrogens with zero attached hydrogens (tertiary/aromatic N) is 2. The Morgan fingerprint density at radius 2 is 1.88 bits per heavy atom. The number of hydrogen-bond acceptors (Lipinski definition) is 3. The van der Waals surface area contributed by atoms with Crippen LogP contribution < -0.4 is 10.2 Å². The lowest BCUT2D eigenvalue weighted by molar-refractivity contribution is -0.128. The first-order valence-corrected chi connectivity index (χ1v) is 8.31. The number of pyridine rings is 1. The van der Waals surface area contributed by atoms with Crippen LogP contribution in [0.1, 0.15) is 33.6 Å². The summed E-state index contributed by atoms with van der Waals surface area (Å²) in [5.74, 6) is 0.290. The molecule has 24 heavy (non-hydrogen) atoms. The van der Waals surface area contributed by atoms with Crippen molar-refractivity contribution >= 4 is 28.4 Å². The summed E-state index contributed by atoms with van der Waals surface area (Å²) in [6.07, 6.45) is 4.75. The Labute approximate surface area is 141 Å². The molecule has 2 fully saturated rings. The van der Waals surface area contributed by atoms with Crippen molar-refractivity contribution in [3.8, 4) is 0 Å². The third kappa shape index (κ3) is 2.04. The molecule has 5 nitrogen and oxygen atoms in total. The molecular weight excluding hydrogens is 302 g/mol. The van der Waals surface area contributed by atoms with Crippen LogP contribution in [0.15, 0.2) is 36.7 Å². The second-order valence-electron chi connectivity index (χ2n) is 8.00. The van der Waals surface area contributed by atoms with E-state index in [-0.39, 0.29) is 17.4 Å². The molecule has 0 bridgehead atoms. The highest BCUT2D eigenvalue weighted by molar-refractivity contribution is 6.26. The van der Waals surface area contributed by atoms with Crippen molar-refractivity contribution < 1.29 is 9.59 Å². The number of anilines is 1. The largest absolute Gasteiger partial charge is 0.329 e. The summed E-state index contributed by atoms with van der Waals surface area (Å²) < 4.78 is 0. The summed E-state index contributed by atoms with van der Waals surface area (Å²) in [4.78, 5) is 31.1. The van der Waals surface area contributed by atoms with Gasteiger partial charge in [-0.2, -0.15) is 0 Å². The number of benzene rings is 1. The number of fused-ring (bicyclic) bond motifs is 1. The zero-order valence-electron chi connectivity index (χ0n) is 14.2. The highest BCUT2D eigenvalue weighted by Gasteiger charge is 2.61. The number of carbonyl (C=O) groups excluding carboxylic acids is 2.